The van der Waals surface area contributed by atoms with Gasteiger partial charge in [-0.15, -0.1) is 0 Å². The number of amides is 2. The minimum Gasteiger partial charge on any atom is -0.455 e. The molecular formula is C23H16Cl2N4O3. The fraction of sp³-hybridized carbons (Fsp3) is 0. The van der Waals surface area contributed by atoms with Crippen molar-refractivity contribution in [1.29, 1.82) is 0 Å². The van der Waals surface area contributed by atoms with Crippen LogP contribution in [0.3, 0.4) is 0 Å². The highest BCUT2D eigenvalue weighted by molar-refractivity contribution is 6.30. The van der Waals surface area contributed by atoms with Crippen molar-refractivity contribution in [3.63, 3.8) is 0 Å². The highest BCUT2D eigenvalue weighted by Gasteiger charge is 2.05. The molecule has 0 aliphatic rings. The van der Waals surface area contributed by atoms with Gasteiger partial charge < -0.3 is 8.83 Å². The Kier molecular flexibility index (Phi) is 6.69. The van der Waals surface area contributed by atoms with Crippen LogP contribution in [-0.4, -0.2) is 18.5 Å². The van der Waals surface area contributed by atoms with Crippen molar-refractivity contribution in [2.75, 3.05) is 0 Å². The number of rotatable bonds is 6. The van der Waals surface area contributed by atoms with Gasteiger partial charge in [0.15, 0.2) is 0 Å². The van der Waals surface area contributed by atoms with E-state index in [0.717, 1.165) is 11.1 Å². The van der Waals surface area contributed by atoms with Crippen LogP contribution in [0.15, 0.2) is 91.8 Å². The van der Waals surface area contributed by atoms with Crippen molar-refractivity contribution in [2.45, 2.75) is 0 Å². The zero-order valence-corrected chi connectivity index (χ0v) is 18.0. The molecule has 2 N–H and O–H groups in total. The minimum atomic E-state index is -0.619. The number of benzene rings is 2. The molecule has 0 bridgehead atoms. The number of carbonyl (C=O) groups is 1. The summed E-state index contributed by atoms with van der Waals surface area (Å²) in [4.78, 5) is 11.8. The van der Waals surface area contributed by atoms with Gasteiger partial charge in [-0.25, -0.2) is 15.6 Å². The van der Waals surface area contributed by atoms with Gasteiger partial charge in [0, 0.05) is 21.2 Å². The van der Waals surface area contributed by atoms with Gasteiger partial charge in [-0.3, -0.25) is 0 Å². The van der Waals surface area contributed by atoms with E-state index in [9.17, 15) is 4.79 Å². The van der Waals surface area contributed by atoms with E-state index in [4.69, 9.17) is 32.0 Å². The summed E-state index contributed by atoms with van der Waals surface area (Å²) in [6, 6.07) is 21.0. The topological polar surface area (TPSA) is 92.1 Å². The van der Waals surface area contributed by atoms with Gasteiger partial charge in [-0.1, -0.05) is 23.2 Å². The predicted octanol–water partition coefficient (Wildman–Crippen LogP) is 6.18. The number of hydrogen-bond acceptors (Lipinski definition) is 5. The highest BCUT2D eigenvalue weighted by atomic mass is 35.5. The molecule has 0 aliphatic heterocycles. The lowest BCUT2D eigenvalue weighted by Crippen LogP contribution is -2.28. The van der Waals surface area contributed by atoms with E-state index in [1.807, 2.05) is 24.3 Å². The number of carbonyl (C=O) groups excluding carboxylic acids is 1. The van der Waals surface area contributed by atoms with Crippen LogP contribution in [0.4, 0.5) is 4.79 Å². The Bertz CT molecular complexity index is 1160. The predicted molar refractivity (Wildman–Crippen MR) is 125 cm³/mol. The summed E-state index contributed by atoms with van der Waals surface area (Å²) < 4.78 is 11.3. The lowest BCUT2D eigenvalue weighted by Gasteiger charge is -1.97. The third kappa shape index (κ3) is 5.66. The van der Waals surface area contributed by atoms with Gasteiger partial charge in [-0.05, 0) is 72.8 Å². The second-order valence-electron chi connectivity index (χ2n) is 6.49. The van der Waals surface area contributed by atoms with Crippen molar-refractivity contribution in [3.05, 3.63) is 94.4 Å². The van der Waals surface area contributed by atoms with Gasteiger partial charge >= 0.3 is 6.03 Å². The standard InChI is InChI=1S/C23H16Cl2N4O3/c24-17-5-1-15(2-6-17)21-11-9-19(31-21)13-26-28-23(30)29-27-14-20-10-12-22(32-20)16-3-7-18(25)8-4-16/h1-14H,(H2,28,29,30). The molecule has 2 heterocycles. The highest BCUT2D eigenvalue weighted by Crippen LogP contribution is 2.24. The number of nitrogens with one attached hydrogen (secondary N) is 2. The average molecular weight is 467 g/mol. The summed E-state index contributed by atoms with van der Waals surface area (Å²) in [5.41, 5.74) is 6.35. The van der Waals surface area contributed by atoms with Crippen molar-refractivity contribution < 1.29 is 13.6 Å². The molecule has 4 aromatic rings. The molecular weight excluding hydrogens is 451 g/mol. The van der Waals surface area contributed by atoms with Crippen LogP contribution < -0.4 is 10.9 Å². The van der Waals surface area contributed by atoms with Gasteiger partial charge in [-0.2, -0.15) is 10.2 Å². The maximum absolute atomic E-state index is 11.8. The average Bonchev–Trinajstić information content (AvgIpc) is 3.45. The number of hydrazone groups is 2. The molecule has 0 saturated carbocycles. The first-order valence-electron chi connectivity index (χ1n) is 9.40. The quantitative estimate of drug-likeness (QED) is 0.262. The maximum Gasteiger partial charge on any atom is 0.355 e. The summed E-state index contributed by atoms with van der Waals surface area (Å²) in [5, 5.41) is 8.95. The summed E-state index contributed by atoms with van der Waals surface area (Å²) >= 11 is 11.8. The zero-order valence-electron chi connectivity index (χ0n) is 16.5. The summed E-state index contributed by atoms with van der Waals surface area (Å²) in [5.74, 6) is 2.27. The third-order valence-electron chi connectivity index (χ3n) is 4.23. The number of urea groups is 1. The van der Waals surface area contributed by atoms with E-state index in [2.05, 4.69) is 21.1 Å². The van der Waals surface area contributed by atoms with Crippen molar-refractivity contribution in [1.82, 2.24) is 10.9 Å². The normalized spacial score (nSPS) is 11.3. The molecule has 9 heteroatoms. The van der Waals surface area contributed by atoms with E-state index in [1.54, 1.807) is 48.5 Å². The molecule has 0 fully saturated rings. The van der Waals surface area contributed by atoms with E-state index in [-0.39, 0.29) is 0 Å². The second kappa shape index (κ2) is 10.00. The largest absolute Gasteiger partial charge is 0.455 e. The van der Waals surface area contributed by atoms with Crippen LogP contribution in [-0.2, 0) is 0 Å². The number of nitrogens with zero attached hydrogens (tertiary/aromatic N) is 2. The summed E-state index contributed by atoms with van der Waals surface area (Å²) in [6.07, 6.45) is 2.77. The molecule has 7 nitrogen and oxygen atoms in total. The SMILES string of the molecule is O=C(NN=Cc1ccc(-c2ccc(Cl)cc2)o1)NN=Cc1ccc(-c2ccc(Cl)cc2)o1. The smallest absolute Gasteiger partial charge is 0.355 e. The third-order valence-corrected chi connectivity index (χ3v) is 4.73. The van der Waals surface area contributed by atoms with E-state index in [0.29, 0.717) is 33.1 Å². The Hall–Kier alpha value is -3.81. The molecule has 2 aromatic heterocycles. The molecule has 0 spiro atoms. The van der Waals surface area contributed by atoms with Gasteiger partial charge in [0.2, 0.25) is 0 Å². The van der Waals surface area contributed by atoms with Crippen molar-refractivity contribution in [3.8, 4) is 22.6 Å². The number of hydrogen-bond donors (Lipinski definition) is 2. The zero-order chi connectivity index (χ0) is 22.3. The molecule has 0 aliphatic carbocycles. The number of furan rings is 2. The van der Waals surface area contributed by atoms with Crippen LogP contribution in [0.25, 0.3) is 22.6 Å². The Labute approximate surface area is 193 Å². The minimum absolute atomic E-state index is 0.476. The van der Waals surface area contributed by atoms with Crippen LogP contribution in [0.1, 0.15) is 11.5 Å². The Morgan fingerprint density at radius 1 is 0.656 bits per heavy atom. The maximum atomic E-state index is 11.8. The van der Waals surface area contributed by atoms with Gasteiger partial charge in [0.25, 0.3) is 0 Å². The summed E-state index contributed by atoms with van der Waals surface area (Å²) in [7, 11) is 0. The molecule has 0 radical (unpaired) electrons. The number of halogens is 2. The molecule has 32 heavy (non-hydrogen) atoms. The molecule has 0 unspecified atom stereocenters. The fourth-order valence-electron chi connectivity index (χ4n) is 2.72. The van der Waals surface area contributed by atoms with Crippen molar-refractivity contribution in [2.24, 2.45) is 10.2 Å². The molecule has 160 valence electrons. The molecule has 0 atom stereocenters. The van der Waals surface area contributed by atoms with Gasteiger partial charge in [0.05, 0.1) is 12.4 Å². The first kappa shape index (κ1) is 21.4. The monoisotopic (exact) mass is 466 g/mol. The molecule has 0 saturated heterocycles. The van der Waals surface area contributed by atoms with E-state index < -0.39 is 6.03 Å². The molecule has 2 amide bonds. The fourth-order valence-corrected chi connectivity index (χ4v) is 2.97. The molecule has 2 aromatic carbocycles. The Balaban J connectivity index is 1.26. The Morgan fingerprint density at radius 2 is 1.06 bits per heavy atom. The first-order valence-corrected chi connectivity index (χ1v) is 10.2. The molecule has 4 rings (SSSR count). The van der Waals surface area contributed by atoms with Crippen LogP contribution in [0.2, 0.25) is 10.0 Å². The lowest BCUT2D eigenvalue weighted by molar-refractivity contribution is 0.242. The van der Waals surface area contributed by atoms with Crippen LogP contribution >= 0.6 is 23.2 Å². The summed E-state index contributed by atoms with van der Waals surface area (Å²) in [6.45, 7) is 0. The van der Waals surface area contributed by atoms with Crippen molar-refractivity contribution >= 4 is 41.7 Å². The van der Waals surface area contributed by atoms with E-state index >= 15 is 0 Å². The van der Waals surface area contributed by atoms with E-state index in [1.165, 1.54) is 12.4 Å². The first-order chi connectivity index (χ1) is 15.6. The Morgan fingerprint density at radius 3 is 1.47 bits per heavy atom. The lowest BCUT2D eigenvalue weighted by atomic mass is 10.2. The van der Waals surface area contributed by atoms with Gasteiger partial charge in [0.1, 0.15) is 23.0 Å². The van der Waals surface area contributed by atoms with Crippen LogP contribution in [0.5, 0.6) is 0 Å². The second-order valence-corrected chi connectivity index (χ2v) is 7.36. The van der Waals surface area contributed by atoms with Crippen LogP contribution in [0, 0.1) is 0 Å².